The van der Waals surface area contributed by atoms with E-state index in [1.54, 1.807) is 16.7 Å². The second kappa shape index (κ2) is 27.1. The van der Waals surface area contributed by atoms with Crippen molar-refractivity contribution in [3.63, 3.8) is 0 Å². The van der Waals surface area contributed by atoms with Crippen molar-refractivity contribution in [1.29, 1.82) is 0 Å². The van der Waals surface area contributed by atoms with E-state index in [-0.39, 0.29) is 30.1 Å². The molecule has 2 saturated heterocycles. The number of anilines is 2. The van der Waals surface area contributed by atoms with E-state index in [0.29, 0.717) is 75.4 Å². The topological polar surface area (TPSA) is 261 Å². The molecule has 7 heterocycles. The maximum atomic E-state index is 12.7. The van der Waals surface area contributed by atoms with Crippen LogP contribution in [0.2, 0.25) is 51.4 Å². The fourth-order valence-electron chi connectivity index (χ4n) is 10.1. The highest BCUT2D eigenvalue weighted by molar-refractivity contribution is 6.76. The summed E-state index contributed by atoms with van der Waals surface area (Å²) in [7, 11) is -2.44. The van der Waals surface area contributed by atoms with E-state index in [4.69, 9.17) is 39.2 Å². The summed E-state index contributed by atoms with van der Waals surface area (Å²) in [5.74, 6) is 2.16. The number of piperidine rings is 2. The van der Waals surface area contributed by atoms with Crippen LogP contribution in [0.3, 0.4) is 0 Å². The molecule has 22 nitrogen and oxygen atoms in total. The van der Waals surface area contributed by atoms with Crippen LogP contribution in [0.25, 0.3) is 55.7 Å². The predicted octanol–water partition coefficient (Wildman–Crippen LogP) is 12.5. The number of benzene rings is 2. The van der Waals surface area contributed by atoms with Gasteiger partial charge in [-0.05, 0) is 116 Å². The number of amides is 2. The lowest BCUT2D eigenvalue weighted by molar-refractivity contribution is 0.0196. The summed E-state index contributed by atoms with van der Waals surface area (Å²) in [6.45, 7) is 35.7. The van der Waals surface area contributed by atoms with E-state index in [1.165, 1.54) is 0 Å². The zero-order valence-corrected chi connectivity index (χ0v) is 55.1. The van der Waals surface area contributed by atoms with Crippen molar-refractivity contribution in [3.8, 4) is 33.9 Å². The Kier molecular flexibility index (Phi) is 20.3. The third kappa shape index (κ3) is 17.6. The molecule has 9 rings (SSSR count). The van der Waals surface area contributed by atoms with Crippen molar-refractivity contribution in [2.45, 2.75) is 176 Å². The van der Waals surface area contributed by atoms with E-state index in [1.807, 2.05) is 103 Å². The molecule has 0 spiro atoms. The molecule has 7 aromatic rings. The number of fused-ring (bicyclic) bond motifs is 2. The molecule has 0 bridgehead atoms. The van der Waals surface area contributed by atoms with Gasteiger partial charge in [0.05, 0.1) is 22.4 Å². The van der Waals surface area contributed by atoms with Crippen molar-refractivity contribution >= 4 is 67.9 Å². The third-order valence-corrected chi connectivity index (χ3v) is 18.1. The molecule has 0 saturated carbocycles. The van der Waals surface area contributed by atoms with Crippen molar-refractivity contribution in [1.82, 2.24) is 49.0 Å². The molecule has 5 N–H and O–H groups in total. The molecule has 24 heteroatoms. The van der Waals surface area contributed by atoms with Crippen LogP contribution in [0, 0.1) is 20.8 Å². The van der Waals surface area contributed by atoms with Gasteiger partial charge in [-0.25, -0.2) is 29.5 Å². The van der Waals surface area contributed by atoms with E-state index in [2.05, 4.69) is 98.1 Å². The summed E-state index contributed by atoms with van der Waals surface area (Å²) in [6.07, 6.45) is 10.8. The summed E-state index contributed by atoms with van der Waals surface area (Å²) in [6, 6.07) is 14.1. The Morgan fingerprint density at radius 3 is 1.59 bits per heavy atom. The first kappa shape index (κ1) is 64.6. The smallest absolute Gasteiger partial charge is 0.410 e. The fraction of sp³-hybridized carbons (Fsp3) is 0.532. The van der Waals surface area contributed by atoms with Gasteiger partial charge in [0, 0.05) is 132 Å². The molecule has 0 unspecified atom stereocenters. The maximum Gasteiger partial charge on any atom is 0.410 e. The standard InChI is InChI=1S/C32H45N7O4Si.C30H45N7O4Si/c1-21-17-33-30(35-24-10-9-13-38(18-24)31(40)42-32(3,4)5)36-28(21)26-19-39(20-41-14-15-44(6,7)8)27-16-23(11-12-25(26)27)29-34-22(2)43-37-29;1-20-16-32-28(33-22-9-8-12-36(17-22)29(38)41-30(2,3)4)34-26(20)24-18-37(19-40-13-14-42(5,6)7)25-15-21(27(31)35-39)10-11-23(24)25/h11-12,16-17,19,24H,9-10,13-15,18,20H2,1-8H3,(H,33,35,36);10-11,15-16,18,22,39H,8-9,12-14,17,19H2,1-7H3,(H2,31,35)(H,32,33,34)/t24-;22-/m00/s1. The van der Waals surface area contributed by atoms with Crippen molar-refractivity contribution in [3.05, 3.63) is 83.8 Å². The summed E-state index contributed by atoms with van der Waals surface area (Å²) in [5.41, 5.74) is 13.7. The van der Waals surface area contributed by atoms with E-state index < -0.39 is 27.3 Å². The zero-order valence-electron chi connectivity index (χ0n) is 53.1. The predicted molar refractivity (Wildman–Crippen MR) is 343 cm³/mol. The number of nitrogens with one attached hydrogen (secondary N) is 2. The van der Waals surface area contributed by atoms with E-state index in [9.17, 15) is 14.8 Å². The van der Waals surface area contributed by atoms with Crippen LogP contribution < -0.4 is 16.4 Å². The summed E-state index contributed by atoms with van der Waals surface area (Å²) >= 11 is 0. The highest BCUT2D eigenvalue weighted by Crippen LogP contribution is 2.36. The van der Waals surface area contributed by atoms with Crippen LogP contribution in [0.4, 0.5) is 21.5 Å². The van der Waals surface area contributed by atoms with Crippen LogP contribution in [-0.2, 0) is 32.4 Å². The normalized spacial score (nSPS) is 16.3. The lowest BCUT2D eigenvalue weighted by Crippen LogP contribution is -2.47. The summed E-state index contributed by atoms with van der Waals surface area (Å²) in [5, 5.41) is 25.5. The number of oxime groups is 1. The molecule has 2 aliphatic rings. The number of nitrogens with two attached hydrogens (primary N) is 1. The van der Waals surface area contributed by atoms with Crippen molar-refractivity contribution in [2.75, 3.05) is 50.0 Å². The van der Waals surface area contributed by atoms with Gasteiger partial charge in [0.15, 0.2) is 5.84 Å². The first-order chi connectivity index (χ1) is 40.5. The molecule has 464 valence electrons. The van der Waals surface area contributed by atoms with Gasteiger partial charge in [0.1, 0.15) is 24.7 Å². The van der Waals surface area contributed by atoms with Crippen LogP contribution in [0.15, 0.2) is 70.9 Å². The first-order valence-corrected chi connectivity index (χ1v) is 37.3. The minimum Gasteiger partial charge on any atom is -0.444 e. The molecule has 86 heavy (non-hydrogen) atoms. The van der Waals surface area contributed by atoms with Crippen LogP contribution in [-0.4, -0.2) is 151 Å². The molecule has 2 amide bonds. The number of carbonyl (C=O) groups excluding carboxylic acids is 2. The SMILES string of the molecule is Cc1cnc(N[C@H]2CCCN(C(=O)OC(C)(C)C)C2)nc1-c1cn(COCC[Si](C)(C)C)c2cc(/C(N)=N/O)ccc12.Cc1nc(-c2ccc3c(-c4nc(N[C@H]5CCCN(C(=O)OC(C)(C)C)C5)ncc4C)cn(COCC[Si](C)(C)C)c3c2)no1. The van der Waals surface area contributed by atoms with Gasteiger partial charge < -0.3 is 64.0 Å². The molecule has 2 aromatic carbocycles. The van der Waals surface area contributed by atoms with Crippen LogP contribution in [0.1, 0.15) is 89.8 Å². The zero-order chi connectivity index (χ0) is 62.3. The lowest BCUT2D eigenvalue weighted by Gasteiger charge is -2.34. The largest absolute Gasteiger partial charge is 0.444 e. The Bertz CT molecular complexity index is 3520. The number of amidine groups is 1. The number of likely N-dealkylation sites (tertiary alicyclic amines) is 2. The number of hydrogen-bond acceptors (Lipinski definition) is 17. The monoisotopic (exact) mass is 1210 g/mol. The van der Waals surface area contributed by atoms with Gasteiger partial charge in [0.2, 0.25) is 23.6 Å². The molecule has 2 fully saturated rings. The fourth-order valence-corrected chi connectivity index (χ4v) is 11.7. The maximum absolute atomic E-state index is 12.7. The quantitative estimate of drug-likeness (QED) is 0.0155. The lowest BCUT2D eigenvalue weighted by atomic mass is 10.0. The Morgan fingerprint density at radius 1 is 0.698 bits per heavy atom. The summed E-state index contributed by atoms with van der Waals surface area (Å²) in [4.78, 5) is 52.4. The second-order valence-electron chi connectivity index (χ2n) is 27.1. The molecule has 0 aliphatic carbocycles. The first-order valence-electron chi connectivity index (χ1n) is 29.9. The Hall–Kier alpha value is -7.42. The van der Waals surface area contributed by atoms with Crippen molar-refractivity contribution < 1.29 is 38.3 Å². The average Bonchev–Trinajstić information content (AvgIpc) is 4.24. The Balaban J connectivity index is 0.000000224. The minimum absolute atomic E-state index is 0.00577. The Labute approximate surface area is 507 Å². The van der Waals surface area contributed by atoms with Crippen LogP contribution >= 0.6 is 0 Å². The average molecular weight is 1220 g/mol. The van der Waals surface area contributed by atoms with Gasteiger partial charge in [-0.15, -0.1) is 0 Å². The number of rotatable bonds is 18. The third-order valence-electron chi connectivity index (χ3n) is 14.7. The second-order valence-corrected chi connectivity index (χ2v) is 38.3. The minimum atomic E-state index is -1.23. The number of nitrogens with zero attached hydrogens (tertiary/aromatic N) is 11. The Morgan fingerprint density at radius 2 is 1.16 bits per heavy atom. The molecule has 2 aliphatic heterocycles. The van der Waals surface area contributed by atoms with Crippen LogP contribution in [0.5, 0.6) is 0 Å². The molecule has 2 atom stereocenters. The van der Waals surface area contributed by atoms with Gasteiger partial charge in [-0.3, -0.25) is 0 Å². The highest BCUT2D eigenvalue weighted by Gasteiger charge is 2.31. The number of aromatic nitrogens is 8. The number of carbonyl (C=O) groups is 2. The molecular formula is C62H90N14O8Si2. The highest BCUT2D eigenvalue weighted by atomic mass is 28.3. The molecular weight excluding hydrogens is 1120 g/mol. The van der Waals surface area contributed by atoms with E-state index in [0.717, 1.165) is 105 Å². The van der Waals surface area contributed by atoms with E-state index >= 15 is 0 Å². The number of ether oxygens (including phenoxy) is 4. The summed E-state index contributed by atoms with van der Waals surface area (Å²) < 4.78 is 32.9. The molecule has 5 aromatic heterocycles. The van der Waals surface area contributed by atoms with Crippen molar-refractivity contribution in [2.24, 2.45) is 10.9 Å². The number of hydrogen-bond donors (Lipinski definition) is 4. The molecule has 0 radical (unpaired) electrons. The van der Waals surface area contributed by atoms with Gasteiger partial charge in [0.25, 0.3) is 0 Å². The van der Waals surface area contributed by atoms with Gasteiger partial charge in [-0.2, -0.15) is 4.98 Å². The van der Waals surface area contributed by atoms with Gasteiger partial charge >= 0.3 is 12.2 Å². The number of aryl methyl sites for hydroxylation is 3. The van der Waals surface area contributed by atoms with Gasteiger partial charge in [-0.1, -0.05) is 73.9 Å².